The van der Waals surface area contributed by atoms with Gasteiger partial charge in [0.2, 0.25) is 0 Å². The molecule has 1 aromatic carbocycles. The quantitative estimate of drug-likeness (QED) is 0.840. The van der Waals surface area contributed by atoms with E-state index in [1.54, 1.807) is 0 Å². The molecule has 1 aromatic rings. The Hall–Kier alpha value is -1.02. The van der Waals surface area contributed by atoms with Gasteiger partial charge in [-0.05, 0) is 43.4 Å². The Bertz CT molecular complexity index is 396. The van der Waals surface area contributed by atoms with Crippen molar-refractivity contribution < 1.29 is 0 Å². The van der Waals surface area contributed by atoms with Crippen LogP contribution in [0.15, 0.2) is 24.3 Å². The number of anilines is 1. The summed E-state index contributed by atoms with van der Waals surface area (Å²) >= 11 is 0. The second-order valence-electron chi connectivity index (χ2n) is 5.51. The van der Waals surface area contributed by atoms with Crippen LogP contribution in [0.25, 0.3) is 0 Å². The number of hydrogen-bond acceptors (Lipinski definition) is 2. The normalized spacial score (nSPS) is 22.5. The molecule has 0 unspecified atom stereocenters. The largest absolute Gasteiger partial charge is 0.368 e. The number of aryl methyl sites for hydroxylation is 1. The summed E-state index contributed by atoms with van der Waals surface area (Å²) in [6, 6.07) is 9.04. The van der Waals surface area contributed by atoms with E-state index in [0.717, 1.165) is 19.5 Å². The Kier molecular flexibility index (Phi) is 2.83. The molecule has 1 saturated heterocycles. The van der Waals surface area contributed by atoms with Crippen LogP contribution in [-0.2, 0) is 6.42 Å². The molecule has 0 amide bonds. The maximum Gasteiger partial charge on any atom is 0.0370 e. The van der Waals surface area contributed by atoms with Crippen molar-refractivity contribution in [1.82, 2.24) is 5.32 Å². The topological polar surface area (TPSA) is 15.3 Å². The highest BCUT2D eigenvalue weighted by Gasteiger charge is 2.40. The van der Waals surface area contributed by atoms with Gasteiger partial charge in [0.05, 0.1) is 0 Å². The molecule has 2 fully saturated rings. The lowest BCUT2D eigenvalue weighted by Gasteiger charge is -2.50. The molecule has 3 rings (SSSR count). The van der Waals surface area contributed by atoms with Crippen LogP contribution < -0.4 is 10.2 Å². The maximum atomic E-state index is 3.72. The van der Waals surface area contributed by atoms with E-state index in [-0.39, 0.29) is 0 Å². The van der Waals surface area contributed by atoms with Crippen LogP contribution >= 0.6 is 0 Å². The van der Waals surface area contributed by atoms with Crippen molar-refractivity contribution in [3.8, 4) is 0 Å². The summed E-state index contributed by atoms with van der Waals surface area (Å²) in [5, 5.41) is 3.72. The third-order valence-electron chi connectivity index (χ3n) is 4.37. The molecular formula is C15H22N2. The maximum absolute atomic E-state index is 3.72. The molecule has 2 aliphatic rings. The molecule has 2 nitrogen and oxygen atoms in total. The van der Waals surface area contributed by atoms with Crippen LogP contribution in [0.3, 0.4) is 0 Å². The monoisotopic (exact) mass is 230 g/mol. The molecular weight excluding hydrogens is 208 g/mol. The van der Waals surface area contributed by atoms with Crippen LogP contribution in [0.1, 0.15) is 31.7 Å². The fraction of sp³-hybridized carbons (Fsp3) is 0.600. The SMILES string of the molecule is CCc1cccc(N2CCNC3(CCC3)C2)c1. The predicted molar refractivity (Wildman–Crippen MR) is 72.6 cm³/mol. The van der Waals surface area contributed by atoms with Gasteiger partial charge in [-0.3, -0.25) is 0 Å². The molecule has 0 aromatic heterocycles. The Balaban J connectivity index is 1.78. The molecule has 92 valence electrons. The highest BCUT2D eigenvalue weighted by atomic mass is 15.2. The van der Waals surface area contributed by atoms with Gasteiger partial charge in [0.25, 0.3) is 0 Å². The molecule has 1 aliphatic carbocycles. The minimum atomic E-state index is 0.445. The molecule has 1 aliphatic heterocycles. The molecule has 1 spiro atoms. The minimum absolute atomic E-state index is 0.445. The van der Waals surface area contributed by atoms with Gasteiger partial charge in [-0.25, -0.2) is 0 Å². The van der Waals surface area contributed by atoms with E-state index in [1.165, 1.54) is 37.1 Å². The molecule has 2 heteroatoms. The van der Waals surface area contributed by atoms with Crippen molar-refractivity contribution >= 4 is 5.69 Å². The highest BCUT2D eigenvalue weighted by molar-refractivity contribution is 5.50. The van der Waals surface area contributed by atoms with Gasteiger partial charge in [-0.1, -0.05) is 19.1 Å². The van der Waals surface area contributed by atoms with Crippen LogP contribution in [-0.4, -0.2) is 25.2 Å². The lowest BCUT2D eigenvalue weighted by molar-refractivity contribution is 0.173. The summed E-state index contributed by atoms with van der Waals surface area (Å²) in [7, 11) is 0. The van der Waals surface area contributed by atoms with E-state index in [4.69, 9.17) is 0 Å². The molecule has 17 heavy (non-hydrogen) atoms. The molecule has 0 radical (unpaired) electrons. The first kappa shape index (κ1) is 11.1. The third-order valence-corrected chi connectivity index (χ3v) is 4.37. The fourth-order valence-electron chi connectivity index (χ4n) is 3.09. The second-order valence-corrected chi connectivity index (χ2v) is 5.51. The number of hydrogen-bond donors (Lipinski definition) is 1. The predicted octanol–water partition coefficient (Wildman–Crippen LogP) is 2.58. The van der Waals surface area contributed by atoms with Crippen LogP contribution in [0, 0.1) is 0 Å². The van der Waals surface area contributed by atoms with Crippen LogP contribution in [0.5, 0.6) is 0 Å². The van der Waals surface area contributed by atoms with E-state index in [2.05, 4.69) is 41.4 Å². The summed E-state index contributed by atoms with van der Waals surface area (Å²) in [4.78, 5) is 2.56. The first-order chi connectivity index (χ1) is 8.31. The van der Waals surface area contributed by atoms with Crippen molar-refractivity contribution in [2.24, 2.45) is 0 Å². The van der Waals surface area contributed by atoms with E-state index in [1.807, 2.05) is 0 Å². The van der Waals surface area contributed by atoms with Gasteiger partial charge in [0, 0.05) is 30.9 Å². The molecule has 1 heterocycles. The zero-order valence-electron chi connectivity index (χ0n) is 10.7. The lowest BCUT2D eigenvalue weighted by atomic mass is 9.75. The van der Waals surface area contributed by atoms with Gasteiger partial charge < -0.3 is 10.2 Å². The number of rotatable bonds is 2. The van der Waals surface area contributed by atoms with Gasteiger partial charge in [-0.2, -0.15) is 0 Å². The Morgan fingerprint density at radius 1 is 1.35 bits per heavy atom. The summed E-state index contributed by atoms with van der Waals surface area (Å²) in [6.07, 6.45) is 5.24. The molecule has 0 bridgehead atoms. The van der Waals surface area contributed by atoms with Gasteiger partial charge >= 0.3 is 0 Å². The highest BCUT2D eigenvalue weighted by Crippen LogP contribution is 2.35. The van der Waals surface area contributed by atoms with Crippen molar-refractivity contribution in [3.63, 3.8) is 0 Å². The van der Waals surface area contributed by atoms with Gasteiger partial charge in [0.15, 0.2) is 0 Å². The number of piperazine rings is 1. The minimum Gasteiger partial charge on any atom is -0.368 e. The second kappa shape index (κ2) is 4.34. The zero-order chi connectivity index (χ0) is 11.7. The Morgan fingerprint density at radius 3 is 2.94 bits per heavy atom. The molecule has 1 N–H and O–H groups in total. The molecule has 0 atom stereocenters. The standard InChI is InChI=1S/C15H22N2/c1-2-13-5-3-6-14(11-13)17-10-9-16-15(12-17)7-4-8-15/h3,5-6,11,16H,2,4,7-10,12H2,1H3. The zero-order valence-corrected chi connectivity index (χ0v) is 10.7. The Morgan fingerprint density at radius 2 is 2.24 bits per heavy atom. The first-order valence-corrected chi connectivity index (χ1v) is 6.90. The van der Waals surface area contributed by atoms with Crippen molar-refractivity contribution in [2.75, 3.05) is 24.5 Å². The third kappa shape index (κ3) is 2.06. The average Bonchev–Trinajstić information content (AvgIpc) is 2.37. The smallest absolute Gasteiger partial charge is 0.0370 e. The van der Waals surface area contributed by atoms with Crippen LogP contribution in [0.2, 0.25) is 0 Å². The van der Waals surface area contributed by atoms with Crippen molar-refractivity contribution in [1.29, 1.82) is 0 Å². The average molecular weight is 230 g/mol. The van der Waals surface area contributed by atoms with E-state index in [0.29, 0.717) is 5.54 Å². The summed E-state index contributed by atoms with van der Waals surface area (Å²) in [5.74, 6) is 0. The van der Waals surface area contributed by atoms with Crippen molar-refractivity contribution in [2.45, 2.75) is 38.1 Å². The number of benzene rings is 1. The van der Waals surface area contributed by atoms with Crippen molar-refractivity contribution in [3.05, 3.63) is 29.8 Å². The summed E-state index contributed by atoms with van der Waals surface area (Å²) in [5.41, 5.74) is 3.31. The van der Waals surface area contributed by atoms with Gasteiger partial charge in [0.1, 0.15) is 0 Å². The summed E-state index contributed by atoms with van der Waals surface area (Å²) in [6.45, 7) is 5.70. The molecule has 1 saturated carbocycles. The van der Waals surface area contributed by atoms with E-state index in [9.17, 15) is 0 Å². The summed E-state index contributed by atoms with van der Waals surface area (Å²) < 4.78 is 0. The fourth-order valence-corrected chi connectivity index (χ4v) is 3.09. The van der Waals surface area contributed by atoms with Gasteiger partial charge in [-0.15, -0.1) is 0 Å². The Labute approximate surface area is 104 Å². The number of nitrogens with zero attached hydrogens (tertiary/aromatic N) is 1. The van der Waals surface area contributed by atoms with E-state index < -0.39 is 0 Å². The first-order valence-electron chi connectivity index (χ1n) is 6.90. The number of nitrogens with one attached hydrogen (secondary N) is 1. The lowest BCUT2D eigenvalue weighted by Crippen LogP contribution is -2.64. The van der Waals surface area contributed by atoms with E-state index >= 15 is 0 Å². The van der Waals surface area contributed by atoms with Crippen LogP contribution in [0.4, 0.5) is 5.69 Å².